The molecule has 0 bridgehead atoms. The number of hydrogen-bond acceptors (Lipinski definition) is 2. The molecule has 1 saturated heterocycles. The molecular formula is C9H11B4NO. The number of carbonyl (C=O) groups excluding carboxylic acids is 1. The predicted molar refractivity (Wildman–Crippen MR) is 62.3 cm³/mol. The Morgan fingerprint density at radius 1 is 1.27 bits per heavy atom. The first-order valence-electron chi connectivity index (χ1n) is 5.33. The van der Waals surface area contributed by atoms with Gasteiger partial charge in [-0.2, -0.15) is 0 Å². The monoisotopic (exact) mass is 193 g/mol. The summed E-state index contributed by atoms with van der Waals surface area (Å²) in [5.41, 5.74) is 0. The third-order valence-corrected chi connectivity index (χ3v) is 3.58. The van der Waals surface area contributed by atoms with Gasteiger partial charge in [-0.25, -0.2) is 0 Å². The van der Waals surface area contributed by atoms with Crippen LogP contribution in [0.3, 0.4) is 0 Å². The van der Waals surface area contributed by atoms with Crippen LogP contribution in [0.15, 0.2) is 0 Å². The number of hydrogen-bond donors (Lipinski definition) is 0. The van der Waals surface area contributed by atoms with Crippen LogP contribution in [0.25, 0.3) is 0 Å². The van der Waals surface area contributed by atoms with Gasteiger partial charge in [0.1, 0.15) is 5.78 Å². The fourth-order valence-electron chi connectivity index (χ4n) is 2.82. The average molecular weight is 192 g/mol. The Kier molecular flexibility index (Phi) is 2.83. The number of carbonyl (C=O) groups is 1. The van der Waals surface area contributed by atoms with Gasteiger partial charge in [0.25, 0.3) is 0 Å². The highest BCUT2D eigenvalue weighted by Gasteiger charge is 2.45. The van der Waals surface area contributed by atoms with Crippen molar-refractivity contribution in [2.75, 3.05) is 6.54 Å². The van der Waals surface area contributed by atoms with Crippen LogP contribution >= 0.6 is 0 Å². The topological polar surface area (TPSA) is 20.3 Å². The minimum atomic E-state index is -1.37. The fraction of sp³-hybridized carbons (Fsp3) is 0.889. The predicted octanol–water partition coefficient (Wildman–Crippen LogP) is -0.886. The van der Waals surface area contributed by atoms with Crippen LogP contribution in [0.2, 0.25) is 5.82 Å². The van der Waals surface area contributed by atoms with E-state index in [1.165, 1.54) is 0 Å². The van der Waals surface area contributed by atoms with E-state index in [1.807, 2.05) is 0 Å². The number of Topliss-reactive ketones (excluding diaryl/α,β-unsaturated/α-hetero) is 1. The van der Waals surface area contributed by atoms with Crippen molar-refractivity contribution in [1.29, 1.82) is 0 Å². The molecule has 2 nitrogen and oxygen atoms in total. The van der Waals surface area contributed by atoms with Crippen LogP contribution in [0.4, 0.5) is 0 Å². The lowest BCUT2D eigenvalue weighted by Crippen LogP contribution is -2.56. The Bertz CT molecular complexity index is 278. The zero-order valence-corrected chi connectivity index (χ0v) is 8.73. The van der Waals surface area contributed by atoms with Gasteiger partial charge < -0.3 is 9.69 Å². The highest BCUT2D eigenvalue weighted by Crippen LogP contribution is 2.41. The van der Waals surface area contributed by atoms with E-state index >= 15 is 0 Å². The number of likely N-dealkylation sites (tertiary alicyclic amines) is 1. The second-order valence-electron chi connectivity index (χ2n) is 4.65. The highest BCUT2D eigenvalue weighted by molar-refractivity contribution is 6.59. The van der Waals surface area contributed by atoms with Gasteiger partial charge in [-0.15, -0.1) is 0 Å². The first kappa shape index (κ1) is 11.4. The first-order chi connectivity index (χ1) is 6.91. The zero-order chi connectivity index (χ0) is 11.2. The van der Waals surface area contributed by atoms with Crippen LogP contribution in [0, 0.1) is 5.92 Å². The molecule has 2 fully saturated rings. The van der Waals surface area contributed by atoms with Gasteiger partial charge in [-0.05, 0) is 31.1 Å². The van der Waals surface area contributed by atoms with E-state index in [2.05, 4.69) is 0 Å². The highest BCUT2D eigenvalue weighted by atomic mass is 16.1. The zero-order valence-electron chi connectivity index (χ0n) is 8.73. The van der Waals surface area contributed by atoms with Crippen molar-refractivity contribution < 1.29 is 4.79 Å². The number of ketones is 1. The van der Waals surface area contributed by atoms with Crippen LogP contribution in [0.1, 0.15) is 19.3 Å². The van der Waals surface area contributed by atoms with Crippen molar-refractivity contribution >= 4 is 37.2 Å². The van der Waals surface area contributed by atoms with E-state index in [-0.39, 0.29) is 11.8 Å². The molecule has 1 aliphatic heterocycles. The summed E-state index contributed by atoms with van der Waals surface area (Å²) < 4.78 is 0. The van der Waals surface area contributed by atoms with Crippen molar-refractivity contribution in [1.82, 2.24) is 4.90 Å². The van der Waals surface area contributed by atoms with Gasteiger partial charge in [-0.1, -0.05) is 5.24 Å². The molecule has 1 heterocycles. The summed E-state index contributed by atoms with van der Waals surface area (Å²) in [6.45, 7) is 0.722. The van der Waals surface area contributed by atoms with Gasteiger partial charge in [-0.3, -0.25) is 0 Å². The van der Waals surface area contributed by atoms with Crippen LogP contribution in [-0.4, -0.2) is 59.9 Å². The number of fused-ring (bicyclic) bond motifs is 1. The summed E-state index contributed by atoms with van der Waals surface area (Å²) in [6.07, 6.45) is 2.42. The van der Waals surface area contributed by atoms with E-state index in [0.717, 1.165) is 19.4 Å². The van der Waals surface area contributed by atoms with Crippen molar-refractivity contribution in [3.05, 3.63) is 0 Å². The van der Waals surface area contributed by atoms with E-state index in [1.54, 1.807) is 4.90 Å². The van der Waals surface area contributed by atoms with Gasteiger partial charge in [0.05, 0.1) is 31.4 Å². The molecule has 0 aromatic carbocycles. The molecular weight excluding hydrogens is 181 g/mol. The van der Waals surface area contributed by atoms with Crippen molar-refractivity contribution in [3.8, 4) is 0 Å². The lowest BCUT2D eigenvalue weighted by Gasteiger charge is -2.44. The molecule has 8 radical (unpaired) electrons. The molecule has 15 heavy (non-hydrogen) atoms. The van der Waals surface area contributed by atoms with Gasteiger partial charge in [0, 0.05) is 12.5 Å². The second kappa shape index (κ2) is 3.73. The fourth-order valence-corrected chi connectivity index (χ4v) is 2.82. The molecule has 0 spiro atoms. The van der Waals surface area contributed by atoms with E-state index < -0.39 is 11.1 Å². The lowest BCUT2D eigenvalue weighted by molar-refractivity contribution is -0.122. The van der Waals surface area contributed by atoms with Crippen molar-refractivity contribution in [2.45, 2.75) is 36.4 Å². The normalized spacial score (nSPS) is 37.9. The maximum atomic E-state index is 11.5. The molecule has 1 saturated carbocycles. The first-order valence-corrected chi connectivity index (χ1v) is 5.33. The summed E-state index contributed by atoms with van der Waals surface area (Å²) in [5.74, 6) is 0.0152. The van der Waals surface area contributed by atoms with Crippen molar-refractivity contribution in [2.24, 2.45) is 5.92 Å². The largest absolute Gasteiger partial charge is 0.319 e. The molecule has 70 valence electrons. The van der Waals surface area contributed by atoms with Crippen LogP contribution in [0.5, 0.6) is 0 Å². The minimum absolute atomic E-state index is 0.0775. The molecule has 3 atom stereocenters. The third-order valence-electron chi connectivity index (χ3n) is 3.58. The average Bonchev–Trinajstić information content (AvgIpc) is 2.54. The molecule has 1 aliphatic carbocycles. The summed E-state index contributed by atoms with van der Waals surface area (Å²) in [4.78, 5) is 13.3. The van der Waals surface area contributed by atoms with E-state index in [0.29, 0.717) is 12.3 Å². The minimum Gasteiger partial charge on any atom is -0.319 e. The van der Waals surface area contributed by atoms with Gasteiger partial charge in [0.2, 0.25) is 0 Å². The molecule has 2 aliphatic rings. The SMILES string of the molecule is [B]C1C(=O)CCC2CCN(C([B])([B])[B])C21. The Morgan fingerprint density at radius 2 is 1.93 bits per heavy atom. The molecule has 3 unspecified atom stereocenters. The maximum Gasteiger partial charge on any atom is 0.128 e. The van der Waals surface area contributed by atoms with E-state index in [4.69, 9.17) is 31.4 Å². The molecule has 0 aromatic heterocycles. The standard InChI is InChI=1S/C9H11B4NO/c10-7-6(15)2-1-5-3-4-14(8(5)7)9(11,12)13/h5,7-8H,1-4H2. The summed E-state index contributed by atoms with van der Waals surface area (Å²) in [6, 6.07) is -0.0775. The Hall–Kier alpha value is -0.110. The van der Waals surface area contributed by atoms with Crippen molar-refractivity contribution in [3.63, 3.8) is 0 Å². The maximum absolute atomic E-state index is 11.5. The molecule has 6 heteroatoms. The Labute approximate surface area is 96.2 Å². The van der Waals surface area contributed by atoms with Crippen LogP contribution < -0.4 is 0 Å². The van der Waals surface area contributed by atoms with Crippen LogP contribution in [-0.2, 0) is 4.79 Å². The molecule has 2 rings (SSSR count). The molecule has 0 amide bonds. The quantitative estimate of drug-likeness (QED) is 0.503. The number of rotatable bonds is 1. The van der Waals surface area contributed by atoms with Gasteiger partial charge >= 0.3 is 0 Å². The number of nitrogens with zero attached hydrogens (tertiary/aromatic N) is 1. The second-order valence-corrected chi connectivity index (χ2v) is 4.65. The summed E-state index contributed by atoms with van der Waals surface area (Å²) in [5, 5.41) is -1.37. The van der Waals surface area contributed by atoms with E-state index in [9.17, 15) is 4.79 Å². The Balaban J connectivity index is 2.21. The molecule has 0 N–H and O–H groups in total. The Morgan fingerprint density at radius 3 is 2.53 bits per heavy atom. The lowest BCUT2D eigenvalue weighted by atomic mass is 9.47. The summed E-state index contributed by atoms with van der Waals surface area (Å²) >= 11 is 0. The third kappa shape index (κ3) is 1.93. The molecule has 0 aromatic rings. The smallest absolute Gasteiger partial charge is 0.128 e. The van der Waals surface area contributed by atoms with Gasteiger partial charge in [0.15, 0.2) is 0 Å². The summed E-state index contributed by atoms with van der Waals surface area (Å²) in [7, 11) is 22.9.